The fraction of sp³-hybridized carbons (Fsp3) is 0.378. The average Bonchev–Trinajstić information content (AvgIpc) is 3.57. The van der Waals surface area contributed by atoms with Crippen LogP contribution in [-0.2, 0) is 18.6 Å². The lowest BCUT2D eigenvalue weighted by atomic mass is 9.80. The summed E-state index contributed by atoms with van der Waals surface area (Å²) in [6, 6.07) is 21.2. The normalized spacial score (nSPS) is 16.9. The molecule has 0 bridgehead atoms. The van der Waals surface area contributed by atoms with Gasteiger partial charge in [0, 0.05) is 40.1 Å². The Balaban J connectivity index is 0.000000175. The Labute approximate surface area is 370 Å². The first-order valence-electron chi connectivity index (χ1n) is 20.0. The van der Waals surface area contributed by atoms with E-state index in [0.29, 0.717) is 45.7 Å². The number of fused-ring (bicyclic) bond motifs is 2. The third-order valence-electron chi connectivity index (χ3n) is 11.6. The second-order valence-electron chi connectivity index (χ2n) is 16.8. The second-order valence-corrected chi connectivity index (χ2v) is 17.7. The quantitative estimate of drug-likeness (QED) is 0.146. The van der Waals surface area contributed by atoms with Crippen molar-refractivity contribution in [3.63, 3.8) is 0 Å². The molecule has 2 aromatic carbocycles. The lowest BCUT2D eigenvalue weighted by molar-refractivity contribution is 0.00578. The molecule has 0 atom stereocenters. The van der Waals surface area contributed by atoms with Crippen molar-refractivity contribution < 1.29 is 37.6 Å². The molecule has 0 saturated carbocycles. The molecule has 0 unspecified atom stereocenters. The zero-order valence-corrected chi connectivity index (χ0v) is 39.1. The number of pyridine rings is 2. The molecule has 8 rings (SSSR count). The fourth-order valence-corrected chi connectivity index (χ4v) is 7.08. The number of rotatable bonds is 7. The molecule has 17 heteroatoms. The maximum Gasteiger partial charge on any atom is 0.496 e. The van der Waals surface area contributed by atoms with E-state index in [4.69, 9.17) is 37.6 Å². The Morgan fingerprint density at radius 2 is 0.935 bits per heavy atom. The molecule has 14 nitrogen and oxygen atoms in total. The highest BCUT2D eigenvalue weighted by molar-refractivity contribution is 9.10. The summed E-state index contributed by atoms with van der Waals surface area (Å²) in [5.74, 6) is 2.42. The fourth-order valence-electron chi connectivity index (χ4n) is 6.74. The van der Waals surface area contributed by atoms with E-state index >= 15 is 0 Å². The molecular formula is C45H53B2BrN4O10. The van der Waals surface area contributed by atoms with E-state index in [1.54, 1.807) is 77.2 Å². The van der Waals surface area contributed by atoms with Crippen LogP contribution in [0.15, 0.2) is 99.3 Å². The summed E-state index contributed by atoms with van der Waals surface area (Å²) in [4.78, 5) is 34.3. The van der Waals surface area contributed by atoms with Gasteiger partial charge in [-0.2, -0.15) is 0 Å². The van der Waals surface area contributed by atoms with E-state index in [-0.39, 0.29) is 29.4 Å². The number of hydrogen-bond acceptors (Lipinski definition) is 12. The van der Waals surface area contributed by atoms with Gasteiger partial charge in [0.15, 0.2) is 23.0 Å². The van der Waals surface area contributed by atoms with Gasteiger partial charge in [-0.25, -0.2) is 9.97 Å². The van der Waals surface area contributed by atoms with Crippen molar-refractivity contribution in [1.29, 1.82) is 0 Å². The smallest absolute Gasteiger partial charge is 0.493 e. The number of methoxy groups -OCH3 is 4. The van der Waals surface area contributed by atoms with Gasteiger partial charge in [-0.3, -0.25) is 18.4 Å². The molecule has 6 aromatic rings. The predicted octanol–water partition coefficient (Wildman–Crippen LogP) is 7.53. The van der Waals surface area contributed by atoms with Gasteiger partial charge in [0.1, 0.15) is 11.3 Å². The van der Waals surface area contributed by atoms with E-state index in [2.05, 4.69) is 53.6 Å². The van der Waals surface area contributed by atoms with Crippen molar-refractivity contribution in [3.05, 3.63) is 110 Å². The van der Waals surface area contributed by atoms with Crippen LogP contribution < -0.4 is 35.5 Å². The molecule has 2 aliphatic rings. The molecule has 0 N–H and O–H groups in total. The van der Waals surface area contributed by atoms with Crippen LogP contribution in [0, 0.1) is 0 Å². The molecule has 0 spiro atoms. The van der Waals surface area contributed by atoms with Gasteiger partial charge in [0.2, 0.25) is 0 Å². The molecule has 2 saturated heterocycles. The monoisotopic (exact) mass is 910 g/mol. The first-order valence-corrected chi connectivity index (χ1v) is 20.8. The zero-order chi connectivity index (χ0) is 45.4. The Bertz CT molecular complexity index is 2690. The van der Waals surface area contributed by atoms with Crippen LogP contribution in [0.4, 0.5) is 0 Å². The molecule has 2 aliphatic heterocycles. The minimum atomic E-state index is -0.545. The van der Waals surface area contributed by atoms with Gasteiger partial charge in [0.25, 0.3) is 11.1 Å². The van der Waals surface area contributed by atoms with Gasteiger partial charge >= 0.3 is 14.2 Å². The first kappa shape index (κ1) is 46.3. The van der Waals surface area contributed by atoms with Crippen LogP contribution in [0.1, 0.15) is 55.4 Å². The van der Waals surface area contributed by atoms with Crippen molar-refractivity contribution in [3.8, 4) is 45.5 Å². The molecule has 6 heterocycles. The number of halogens is 1. The van der Waals surface area contributed by atoms with Crippen LogP contribution in [-0.4, -0.2) is 83.8 Å². The third-order valence-corrected chi connectivity index (χ3v) is 12.0. The molecule has 4 aromatic heterocycles. The Morgan fingerprint density at radius 3 is 1.34 bits per heavy atom. The van der Waals surface area contributed by atoms with Crippen LogP contribution in [0.5, 0.6) is 23.0 Å². The standard InChI is InChI=1S/C22H25BN2O5.C16H13BrN2O3.C7H15BO2/c1-21(2)22(3,4)30-23(29-21)15-8-10-19-24-16(12-20(26)25(19)13-15)14-7-9-17(27-5)18(11-14)28-6;1-21-13-5-3-10(7-14(13)22-2)12-8-16(20)19-9-11(17)4-6-15(19)18-12;1-6(2)7(3,4)10-8(5)9-6/h7-13H,1-6H3;3-9H,1-2H3;1-5H3. The summed E-state index contributed by atoms with van der Waals surface area (Å²) in [6.45, 7) is 18.1. The molecule has 0 aliphatic carbocycles. The number of aromatic nitrogens is 4. The summed E-state index contributed by atoms with van der Waals surface area (Å²) in [6.07, 6.45) is 3.42. The highest BCUT2D eigenvalue weighted by Gasteiger charge is 2.52. The van der Waals surface area contributed by atoms with Crippen molar-refractivity contribution in [2.45, 2.75) is 84.6 Å². The van der Waals surface area contributed by atoms with E-state index in [0.717, 1.165) is 21.1 Å². The highest BCUT2D eigenvalue weighted by Crippen LogP contribution is 2.38. The Hall–Kier alpha value is -5.19. The minimum absolute atomic E-state index is 0.0648. The number of nitrogens with zero attached hydrogens (tertiary/aromatic N) is 4. The Morgan fingerprint density at radius 1 is 0.532 bits per heavy atom. The molecule has 0 amide bonds. The van der Waals surface area contributed by atoms with Gasteiger partial charge in [-0.15, -0.1) is 0 Å². The summed E-state index contributed by atoms with van der Waals surface area (Å²) in [7, 11) is 5.69. The first-order chi connectivity index (χ1) is 29.1. The molecule has 326 valence electrons. The van der Waals surface area contributed by atoms with Crippen LogP contribution >= 0.6 is 15.9 Å². The van der Waals surface area contributed by atoms with Crippen molar-refractivity contribution in [1.82, 2.24) is 18.8 Å². The van der Waals surface area contributed by atoms with Crippen LogP contribution in [0.2, 0.25) is 6.82 Å². The minimum Gasteiger partial charge on any atom is -0.493 e. The number of benzene rings is 2. The summed E-state index contributed by atoms with van der Waals surface area (Å²) < 4.78 is 48.2. The number of hydrogen-bond donors (Lipinski definition) is 0. The van der Waals surface area contributed by atoms with E-state index in [1.807, 2.05) is 58.8 Å². The zero-order valence-electron chi connectivity index (χ0n) is 37.5. The van der Waals surface area contributed by atoms with Gasteiger partial charge in [0.05, 0.1) is 62.2 Å². The maximum atomic E-state index is 12.9. The van der Waals surface area contributed by atoms with Crippen molar-refractivity contribution >= 4 is 46.9 Å². The average molecular weight is 911 g/mol. The van der Waals surface area contributed by atoms with Gasteiger partial charge in [-0.05, 0) is 138 Å². The van der Waals surface area contributed by atoms with E-state index < -0.39 is 18.3 Å². The highest BCUT2D eigenvalue weighted by atomic mass is 79.9. The Kier molecular flexibility index (Phi) is 13.4. The molecule has 62 heavy (non-hydrogen) atoms. The van der Waals surface area contributed by atoms with Gasteiger partial charge < -0.3 is 37.6 Å². The van der Waals surface area contributed by atoms with Crippen LogP contribution in [0.25, 0.3) is 33.8 Å². The molecular weight excluding hydrogens is 858 g/mol. The summed E-state index contributed by atoms with van der Waals surface area (Å²) >= 11 is 3.35. The number of ether oxygens (including phenoxy) is 4. The molecule has 2 fully saturated rings. The molecule has 0 radical (unpaired) electrons. The summed E-state index contributed by atoms with van der Waals surface area (Å²) in [5, 5.41) is 0. The topological polar surface area (TPSA) is 143 Å². The largest absolute Gasteiger partial charge is 0.496 e. The van der Waals surface area contributed by atoms with Crippen molar-refractivity contribution in [2.75, 3.05) is 28.4 Å². The summed E-state index contributed by atoms with van der Waals surface area (Å²) in [5.41, 5.74) is 3.04. The van der Waals surface area contributed by atoms with Crippen molar-refractivity contribution in [2.24, 2.45) is 0 Å². The lowest BCUT2D eigenvalue weighted by Crippen LogP contribution is -2.41. The van der Waals surface area contributed by atoms with E-state index in [1.165, 1.54) is 20.9 Å². The third kappa shape index (κ3) is 9.56. The maximum absolute atomic E-state index is 12.9. The van der Waals surface area contributed by atoms with Crippen LogP contribution in [0.3, 0.4) is 0 Å². The predicted molar refractivity (Wildman–Crippen MR) is 245 cm³/mol. The van der Waals surface area contributed by atoms with E-state index in [9.17, 15) is 9.59 Å². The van der Waals surface area contributed by atoms with Gasteiger partial charge in [-0.1, -0.05) is 6.07 Å². The second kappa shape index (κ2) is 17.9. The SMILES string of the molecule is CB1OC(C)(C)C(C)(C)O1.COc1ccc(-c2cc(=O)n3cc(B4OC(C)(C)C(C)(C)O4)ccc3n2)cc1OC.COc1ccc(-c2cc(=O)n3cc(Br)ccc3n2)cc1OC. The lowest BCUT2D eigenvalue weighted by Gasteiger charge is -2.32.